The zero-order valence-corrected chi connectivity index (χ0v) is 11.3. The highest BCUT2D eigenvalue weighted by Crippen LogP contribution is 2.19. The quantitative estimate of drug-likeness (QED) is 0.517. The van der Waals surface area contributed by atoms with E-state index in [1.807, 2.05) is 5.43 Å². The SMILES string of the molecule is Cc1cc(OCc2cc(C(=O)NN)ccc2F)ccc1F. The number of nitrogens with two attached hydrogens (primary N) is 1. The number of carbonyl (C=O) groups excluding carboxylic acids is 1. The number of hydrazine groups is 1. The molecule has 4 nitrogen and oxygen atoms in total. The van der Waals surface area contributed by atoms with Crippen molar-refractivity contribution in [3.8, 4) is 5.75 Å². The minimum absolute atomic E-state index is 0.0808. The van der Waals surface area contributed by atoms with E-state index < -0.39 is 11.7 Å². The van der Waals surface area contributed by atoms with Gasteiger partial charge in [0.05, 0.1) is 0 Å². The van der Waals surface area contributed by atoms with E-state index in [-0.39, 0.29) is 23.6 Å². The van der Waals surface area contributed by atoms with Gasteiger partial charge in [-0.05, 0) is 48.9 Å². The number of nitrogen functional groups attached to an aromatic ring is 1. The van der Waals surface area contributed by atoms with Gasteiger partial charge in [-0.15, -0.1) is 0 Å². The molecule has 0 heterocycles. The second-order valence-corrected chi connectivity index (χ2v) is 4.48. The average molecular weight is 292 g/mol. The Morgan fingerprint density at radius 3 is 2.57 bits per heavy atom. The van der Waals surface area contributed by atoms with E-state index in [9.17, 15) is 13.6 Å². The Hall–Kier alpha value is -2.47. The Balaban J connectivity index is 2.15. The summed E-state index contributed by atoms with van der Waals surface area (Å²) in [5, 5.41) is 0. The molecule has 0 unspecified atom stereocenters. The first-order valence-electron chi connectivity index (χ1n) is 6.19. The van der Waals surface area contributed by atoms with Crippen LogP contribution >= 0.6 is 0 Å². The minimum Gasteiger partial charge on any atom is -0.489 e. The molecule has 0 aliphatic heterocycles. The predicted octanol–water partition coefficient (Wildman–Crippen LogP) is 2.46. The molecule has 0 fully saturated rings. The highest BCUT2D eigenvalue weighted by Gasteiger charge is 2.09. The van der Waals surface area contributed by atoms with E-state index in [0.717, 1.165) is 0 Å². The molecule has 3 N–H and O–H groups in total. The van der Waals surface area contributed by atoms with Crippen molar-refractivity contribution in [2.45, 2.75) is 13.5 Å². The molecule has 1 amide bonds. The third-order valence-electron chi connectivity index (χ3n) is 2.96. The fourth-order valence-corrected chi connectivity index (χ4v) is 1.78. The van der Waals surface area contributed by atoms with Crippen molar-refractivity contribution in [2.75, 3.05) is 0 Å². The van der Waals surface area contributed by atoms with Gasteiger partial charge in [0.25, 0.3) is 5.91 Å². The van der Waals surface area contributed by atoms with Gasteiger partial charge in [0.15, 0.2) is 0 Å². The molecule has 6 heteroatoms. The van der Waals surface area contributed by atoms with Crippen LogP contribution in [0.1, 0.15) is 21.5 Å². The van der Waals surface area contributed by atoms with Crippen molar-refractivity contribution in [3.63, 3.8) is 0 Å². The van der Waals surface area contributed by atoms with Crippen molar-refractivity contribution in [1.29, 1.82) is 0 Å². The van der Waals surface area contributed by atoms with E-state index in [4.69, 9.17) is 10.6 Å². The third kappa shape index (κ3) is 3.55. The minimum atomic E-state index is -0.520. The van der Waals surface area contributed by atoms with Crippen LogP contribution in [0.3, 0.4) is 0 Å². The third-order valence-corrected chi connectivity index (χ3v) is 2.96. The maximum absolute atomic E-state index is 13.7. The number of hydrogen-bond acceptors (Lipinski definition) is 3. The fourth-order valence-electron chi connectivity index (χ4n) is 1.78. The summed E-state index contributed by atoms with van der Waals surface area (Å²) in [5.74, 6) is 4.09. The van der Waals surface area contributed by atoms with Crippen molar-refractivity contribution in [2.24, 2.45) is 5.84 Å². The van der Waals surface area contributed by atoms with E-state index in [2.05, 4.69) is 0 Å². The van der Waals surface area contributed by atoms with Crippen molar-refractivity contribution in [3.05, 3.63) is 64.7 Å². The molecule has 2 rings (SSSR count). The maximum Gasteiger partial charge on any atom is 0.265 e. The first-order valence-corrected chi connectivity index (χ1v) is 6.19. The largest absolute Gasteiger partial charge is 0.489 e. The lowest BCUT2D eigenvalue weighted by atomic mass is 10.1. The maximum atomic E-state index is 13.7. The summed E-state index contributed by atoms with van der Waals surface area (Å²) >= 11 is 0. The highest BCUT2D eigenvalue weighted by atomic mass is 19.1. The lowest BCUT2D eigenvalue weighted by Gasteiger charge is -2.09. The van der Waals surface area contributed by atoms with Crippen LogP contribution in [0.2, 0.25) is 0 Å². The molecular formula is C15H14F2N2O2. The molecule has 0 saturated carbocycles. The molecule has 0 radical (unpaired) electrons. The van der Waals surface area contributed by atoms with Gasteiger partial charge in [-0.1, -0.05) is 0 Å². The van der Waals surface area contributed by atoms with E-state index in [1.54, 1.807) is 6.92 Å². The number of hydrogen-bond donors (Lipinski definition) is 2. The molecule has 21 heavy (non-hydrogen) atoms. The predicted molar refractivity (Wildman–Crippen MR) is 73.5 cm³/mol. The summed E-state index contributed by atoms with van der Waals surface area (Å²) in [6.07, 6.45) is 0. The molecule has 0 atom stereocenters. The van der Waals surface area contributed by atoms with E-state index in [0.29, 0.717) is 11.3 Å². The number of ether oxygens (including phenoxy) is 1. The zero-order chi connectivity index (χ0) is 15.4. The van der Waals surface area contributed by atoms with E-state index >= 15 is 0 Å². The van der Waals surface area contributed by atoms with Crippen molar-refractivity contribution < 1.29 is 18.3 Å². The Labute approximate surface area is 120 Å². The summed E-state index contributed by atoms with van der Waals surface area (Å²) in [6.45, 7) is 1.53. The molecule has 0 aliphatic carbocycles. The van der Waals surface area contributed by atoms with Gasteiger partial charge in [-0.2, -0.15) is 0 Å². The number of amides is 1. The number of halogens is 2. The molecule has 2 aromatic rings. The zero-order valence-electron chi connectivity index (χ0n) is 11.3. The van der Waals surface area contributed by atoms with Gasteiger partial charge in [0, 0.05) is 11.1 Å². The van der Waals surface area contributed by atoms with E-state index in [1.165, 1.54) is 36.4 Å². The monoisotopic (exact) mass is 292 g/mol. The summed E-state index contributed by atoms with van der Waals surface area (Å²) in [4.78, 5) is 11.4. The Kier molecular flexibility index (Phi) is 4.49. The number of carbonyl (C=O) groups is 1. The molecule has 0 bridgehead atoms. The van der Waals surface area contributed by atoms with Crippen molar-refractivity contribution >= 4 is 5.91 Å². The number of rotatable bonds is 4. The van der Waals surface area contributed by atoms with Crippen molar-refractivity contribution in [1.82, 2.24) is 5.43 Å². The second kappa shape index (κ2) is 6.32. The lowest BCUT2D eigenvalue weighted by molar-refractivity contribution is 0.0953. The van der Waals surface area contributed by atoms with Gasteiger partial charge in [0.2, 0.25) is 0 Å². The normalized spacial score (nSPS) is 10.3. The topological polar surface area (TPSA) is 64.3 Å². The Bertz CT molecular complexity index is 675. The number of benzene rings is 2. The van der Waals surface area contributed by atoms with Crippen LogP contribution in [0.5, 0.6) is 5.75 Å². The Morgan fingerprint density at radius 2 is 1.90 bits per heavy atom. The van der Waals surface area contributed by atoms with Crippen LogP contribution in [-0.2, 0) is 6.61 Å². The summed E-state index contributed by atoms with van der Waals surface area (Å²) in [5.41, 5.74) is 2.84. The average Bonchev–Trinajstić information content (AvgIpc) is 2.49. The molecule has 110 valence electrons. The van der Waals surface area contributed by atoms with Gasteiger partial charge in [-0.25, -0.2) is 14.6 Å². The standard InChI is InChI=1S/C15H14F2N2O2/c1-9-6-12(3-5-13(9)16)21-8-11-7-10(15(20)19-18)2-4-14(11)17/h2-7H,8,18H2,1H3,(H,19,20). The summed E-state index contributed by atoms with van der Waals surface area (Å²) in [6, 6.07) is 8.09. The molecule has 0 aromatic heterocycles. The molecule has 0 spiro atoms. The molecule has 0 saturated heterocycles. The van der Waals surface area contributed by atoms with Crippen LogP contribution in [-0.4, -0.2) is 5.91 Å². The van der Waals surface area contributed by atoms with Crippen LogP contribution in [0, 0.1) is 18.6 Å². The first kappa shape index (κ1) is 14.9. The molecular weight excluding hydrogens is 278 g/mol. The van der Waals surface area contributed by atoms with Gasteiger partial charge in [-0.3, -0.25) is 10.2 Å². The summed E-state index contributed by atoms with van der Waals surface area (Å²) in [7, 11) is 0. The number of aryl methyl sites for hydroxylation is 1. The lowest BCUT2D eigenvalue weighted by Crippen LogP contribution is -2.30. The number of nitrogens with one attached hydrogen (secondary N) is 1. The summed E-state index contributed by atoms with van der Waals surface area (Å²) < 4.78 is 32.2. The first-order chi connectivity index (χ1) is 10.0. The van der Waals surface area contributed by atoms with Crippen LogP contribution in [0.4, 0.5) is 8.78 Å². The Morgan fingerprint density at radius 1 is 1.19 bits per heavy atom. The van der Waals surface area contributed by atoms with Crippen LogP contribution in [0.15, 0.2) is 36.4 Å². The molecule has 0 aliphatic rings. The highest BCUT2D eigenvalue weighted by molar-refractivity contribution is 5.93. The van der Waals surface area contributed by atoms with Crippen LogP contribution in [0.25, 0.3) is 0 Å². The van der Waals surface area contributed by atoms with Gasteiger partial charge < -0.3 is 4.74 Å². The fraction of sp³-hybridized carbons (Fsp3) is 0.133. The van der Waals surface area contributed by atoms with Gasteiger partial charge in [0.1, 0.15) is 24.0 Å². The molecule has 2 aromatic carbocycles. The smallest absolute Gasteiger partial charge is 0.265 e. The van der Waals surface area contributed by atoms with Gasteiger partial charge >= 0.3 is 0 Å². The second-order valence-electron chi connectivity index (χ2n) is 4.48. The van der Waals surface area contributed by atoms with Crippen LogP contribution < -0.4 is 16.0 Å².